The summed E-state index contributed by atoms with van der Waals surface area (Å²) in [6, 6.07) is 1.85. The van der Waals surface area contributed by atoms with Gasteiger partial charge in [0.1, 0.15) is 5.82 Å². The Bertz CT molecular complexity index is 386. The van der Waals surface area contributed by atoms with E-state index < -0.39 is 0 Å². The molecule has 2 unspecified atom stereocenters. The summed E-state index contributed by atoms with van der Waals surface area (Å²) in [6.45, 7) is 3.57. The predicted octanol–water partition coefficient (Wildman–Crippen LogP) is 2.70. The van der Waals surface area contributed by atoms with Gasteiger partial charge in [-0.15, -0.1) is 0 Å². The minimum absolute atomic E-state index is 0.265. The normalized spacial score (nSPS) is 22.5. The van der Waals surface area contributed by atoms with Gasteiger partial charge in [0.25, 0.3) is 0 Å². The van der Waals surface area contributed by atoms with E-state index in [1.54, 1.807) is 6.20 Å². The molecule has 1 aliphatic rings. The van der Waals surface area contributed by atoms with Crippen molar-refractivity contribution in [3.05, 3.63) is 21.8 Å². The maximum atomic E-state index is 9.54. The molecule has 1 aromatic rings. The summed E-state index contributed by atoms with van der Waals surface area (Å²) in [4.78, 5) is 6.45. The Labute approximate surface area is 109 Å². The molecule has 5 heteroatoms. The number of aromatic nitrogens is 1. The molecular weight excluding hydrogens is 291 g/mol. The molecule has 1 fully saturated rings. The standard InChI is InChI=1S/C11H14BrClN2O/c1-7(16)8-2-3-15(6-8)11-10(13)4-9(12)5-14-11/h4-5,7-8,16H,2-3,6H2,1H3. The molecule has 0 amide bonds. The number of hydrogen-bond donors (Lipinski definition) is 1. The Kier molecular flexibility index (Phi) is 3.72. The van der Waals surface area contributed by atoms with E-state index >= 15 is 0 Å². The van der Waals surface area contributed by atoms with Crippen molar-refractivity contribution in [1.82, 2.24) is 4.98 Å². The first-order chi connectivity index (χ1) is 7.58. The van der Waals surface area contributed by atoms with E-state index in [2.05, 4.69) is 25.8 Å². The molecule has 0 spiro atoms. The van der Waals surface area contributed by atoms with Crippen molar-refractivity contribution in [2.75, 3.05) is 18.0 Å². The Morgan fingerprint density at radius 2 is 2.44 bits per heavy atom. The van der Waals surface area contributed by atoms with Crippen molar-refractivity contribution in [2.24, 2.45) is 5.92 Å². The first-order valence-electron chi connectivity index (χ1n) is 5.32. The van der Waals surface area contributed by atoms with Gasteiger partial charge in [-0.3, -0.25) is 0 Å². The number of aliphatic hydroxyl groups is 1. The zero-order valence-electron chi connectivity index (χ0n) is 9.03. The van der Waals surface area contributed by atoms with Gasteiger partial charge in [0, 0.05) is 29.7 Å². The fraction of sp³-hybridized carbons (Fsp3) is 0.545. The summed E-state index contributed by atoms with van der Waals surface area (Å²) in [5.74, 6) is 1.13. The molecule has 2 heterocycles. The smallest absolute Gasteiger partial charge is 0.147 e. The highest BCUT2D eigenvalue weighted by atomic mass is 79.9. The monoisotopic (exact) mass is 304 g/mol. The third-order valence-corrected chi connectivity index (χ3v) is 3.71. The highest BCUT2D eigenvalue weighted by molar-refractivity contribution is 9.10. The second-order valence-corrected chi connectivity index (χ2v) is 5.52. The van der Waals surface area contributed by atoms with E-state index in [0.29, 0.717) is 10.9 Å². The van der Waals surface area contributed by atoms with Gasteiger partial charge < -0.3 is 10.0 Å². The summed E-state index contributed by atoms with van der Waals surface area (Å²) in [5.41, 5.74) is 0. The topological polar surface area (TPSA) is 36.4 Å². The molecule has 1 aliphatic heterocycles. The number of hydrogen-bond acceptors (Lipinski definition) is 3. The van der Waals surface area contributed by atoms with E-state index in [0.717, 1.165) is 29.8 Å². The lowest BCUT2D eigenvalue weighted by Gasteiger charge is -2.19. The Morgan fingerprint density at radius 1 is 1.69 bits per heavy atom. The molecule has 16 heavy (non-hydrogen) atoms. The van der Waals surface area contributed by atoms with Crippen LogP contribution >= 0.6 is 27.5 Å². The minimum Gasteiger partial charge on any atom is -0.393 e. The van der Waals surface area contributed by atoms with Crippen LogP contribution in [0.1, 0.15) is 13.3 Å². The van der Waals surface area contributed by atoms with Gasteiger partial charge in [-0.25, -0.2) is 4.98 Å². The Morgan fingerprint density at radius 3 is 3.00 bits per heavy atom. The fourth-order valence-corrected chi connectivity index (χ4v) is 2.76. The molecule has 0 aliphatic carbocycles. The van der Waals surface area contributed by atoms with Crippen molar-refractivity contribution >= 4 is 33.3 Å². The molecule has 1 saturated heterocycles. The second kappa shape index (κ2) is 4.90. The Balaban J connectivity index is 2.14. The van der Waals surface area contributed by atoms with Crippen LogP contribution < -0.4 is 4.90 Å². The van der Waals surface area contributed by atoms with Crippen LogP contribution in [-0.4, -0.2) is 29.3 Å². The lowest BCUT2D eigenvalue weighted by molar-refractivity contribution is 0.136. The average Bonchev–Trinajstić information content (AvgIpc) is 2.66. The van der Waals surface area contributed by atoms with E-state index in [9.17, 15) is 5.11 Å². The van der Waals surface area contributed by atoms with Crippen LogP contribution in [0.2, 0.25) is 5.02 Å². The van der Waals surface area contributed by atoms with Gasteiger partial charge in [0.2, 0.25) is 0 Å². The molecule has 0 aromatic carbocycles. The predicted molar refractivity (Wildman–Crippen MR) is 68.9 cm³/mol. The number of anilines is 1. The number of aliphatic hydroxyl groups excluding tert-OH is 1. The SMILES string of the molecule is CC(O)C1CCN(c2ncc(Br)cc2Cl)C1. The van der Waals surface area contributed by atoms with Crippen molar-refractivity contribution in [3.8, 4) is 0 Å². The van der Waals surface area contributed by atoms with Crippen molar-refractivity contribution < 1.29 is 5.11 Å². The lowest BCUT2D eigenvalue weighted by atomic mass is 10.0. The fourth-order valence-electron chi connectivity index (χ4n) is 2.01. The van der Waals surface area contributed by atoms with Crippen LogP contribution in [0.4, 0.5) is 5.82 Å². The second-order valence-electron chi connectivity index (χ2n) is 4.19. The number of halogens is 2. The van der Waals surface area contributed by atoms with Crippen LogP contribution in [0.25, 0.3) is 0 Å². The van der Waals surface area contributed by atoms with Crippen LogP contribution in [0.5, 0.6) is 0 Å². The van der Waals surface area contributed by atoms with E-state index in [4.69, 9.17) is 11.6 Å². The summed E-state index contributed by atoms with van der Waals surface area (Å²) >= 11 is 9.47. The maximum absolute atomic E-state index is 9.54. The minimum atomic E-state index is -0.265. The highest BCUT2D eigenvalue weighted by Crippen LogP contribution is 2.31. The molecule has 0 bridgehead atoms. The molecule has 1 N–H and O–H groups in total. The zero-order chi connectivity index (χ0) is 11.7. The maximum Gasteiger partial charge on any atom is 0.147 e. The van der Waals surface area contributed by atoms with Crippen LogP contribution in [0, 0.1) is 5.92 Å². The molecule has 88 valence electrons. The molecule has 3 nitrogen and oxygen atoms in total. The lowest BCUT2D eigenvalue weighted by Crippen LogP contribution is -2.24. The number of pyridine rings is 1. The van der Waals surface area contributed by atoms with Crippen molar-refractivity contribution in [2.45, 2.75) is 19.4 Å². The molecule has 2 rings (SSSR count). The summed E-state index contributed by atoms with van der Waals surface area (Å²) < 4.78 is 0.882. The van der Waals surface area contributed by atoms with Gasteiger partial charge in [-0.2, -0.15) is 0 Å². The molecular formula is C11H14BrClN2O. The summed E-state index contributed by atoms with van der Waals surface area (Å²) in [6.07, 6.45) is 2.47. The van der Waals surface area contributed by atoms with E-state index in [1.807, 2.05) is 13.0 Å². The van der Waals surface area contributed by atoms with Crippen LogP contribution in [0.15, 0.2) is 16.7 Å². The highest BCUT2D eigenvalue weighted by Gasteiger charge is 2.27. The molecule has 0 radical (unpaired) electrons. The molecule has 0 saturated carbocycles. The van der Waals surface area contributed by atoms with Crippen molar-refractivity contribution in [3.63, 3.8) is 0 Å². The van der Waals surface area contributed by atoms with Crippen molar-refractivity contribution in [1.29, 1.82) is 0 Å². The third-order valence-electron chi connectivity index (χ3n) is 2.99. The van der Waals surface area contributed by atoms with Gasteiger partial charge in [0.05, 0.1) is 11.1 Å². The third kappa shape index (κ3) is 2.50. The first-order valence-corrected chi connectivity index (χ1v) is 6.49. The van der Waals surface area contributed by atoms with E-state index in [1.165, 1.54) is 0 Å². The van der Waals surface area contributed by atoms with E-state index in [-0.39, 0.29) is 6.10 Å². The van der Waals surface area contributed by atoms with Crippen LogP contribution in [-0.2, 0) is 0 Å². The van der Waals surface area contributed by atoms with Crippen LogP contribution in [0.3, 0.4) is 0 Å². The largest absolute Gasteiger partial charge is 0.393 e. The van der Waals surface area contributed by atoms with Gasteiger partial charge in [-0.1, -0.05) is 11.6 Å². The van der Waals surface area contributed by atoms with Gasteiger partial charge in [-0.05, 0) is 35.3 Å². The summed E-state index contributed by atoms with van der Waals surface area (Å²) in [5, 5.41) is 10.2. The van der Waals surface area contributed by atoms with Gasteiger partial charge in [0.15, 0.2) is 0 Å². The molecule has 2 atom stereocenters. The number of rotatable bonds is 2. The Hall–Kier alpha value is -0.320. The molecule has 1 aromatic heterocycles. The quantitative estimate of drug-likeness (QED) is 0.912. The zero-order valence-corrected chi connectivity index (χ0v) is 11.4. The van der Waals surface area contributed by atoms with Gasteiger partial charge >= 0.3 is 0 Å². The summed E-state index contributed by atoms with van der Waals surface area (Å²) in [7, 11) is 0. The average molecular weight is 306 g/mol. The number of nitrogens with zero attached hydrogens (tertiary/aromatic N) is 2. The first kappa shape index (κ1) is 12.1.